The third-order valence-electron chi connectivity index (χ3n) is 4.12. The van der Waals surface area contributed by atoms with Gasteiger partial charge in [0.2, 0.25) is 11.7 Å². The summed E-state index contributed by atoms with van der Waals surface area (Å²) >= 11 is 0. The van der Waals surface area contributed by atoms with E-state index in [0.29, 0.717) is 18.1 Å². The maximum Gasteiger partial charge on any atom is 0.228 e. The molecule has 1 aliphatic carbocycles. The van der Waals surface area contributed by atoms with Gasteiger partial charge < -0.3 is 14.6 Å². The molecular formula is C16H21N3O2. The highest BCUT2D eigenvalue weighted by Gasteiger charge is 2.40. The van der Waals surface area contributed by atoms with Gasteiger partial charge in [0.15, 0.2) is 0 Å². The SMILES string of the molecule is COC1(c2noc(CCNc3ccccc3)n2)CCCC1. The van der Waals surface area contributed by atoms with E-state index in [1.807, 2.05) is 30.3 Å². The fourth-order valence-electron chi connectivity index (χ4n) is 2.88. The number of rotatable bonds is 6. The van der Waals surface area contributed by atoms with Crippen molar-refractivity contribution in [2.24, 2.45) is 0 Å². The molecule has 3 rings (SSSR count). The minimum Gasteiger partial charge on any atom is -0.385 e. The number of nitrogens with one attached hydrogen (secondary N) is 1. The lowest BCUT2D eigenvalue weighted by molar-refractivity contribution is -0.0178. The minimum atomic E-state index is -0.325. The number of anilines is 1. The second-order valence-electron chi connectivity index (χ2n) is 5.46. The van der Waals surface area contributed by atoms with Gasteiger partial charge in [-0.3, -0.25) is 0 Å². The Morgan fingerprint density at radius 2 is 2.00 bits per heavy atom. The molecule has 1 aromatic carbocycles. The Bertz CT molecular complexity index is 562. The van der Waals surface area contributed by atoms with Gasteiger partial charge in [-0.05, 0) is 37.8 Å². The smallest absolute Gasteiger partial charge is 0.228 e. The first-order chi connectivity index (χ1) is 10.3. The highest BCUT2D eigenvalue weighted by Crippen LogP contribution is 2.40. The lowest BCUT2D eigenvalue weighted by atomic mass is 10.0. The summed E-state index contributed by atoms with van der Waals surface area (Å²) in [5, 5.41) is 7.46. The zero-order valence-electron chi connectivity index (χ0n) is 12.3. The van der Waals surface area contributed by atoms with Crippen molar-refractivity contribution < 1.29 is 9.26 Å². The van der Waals surface area contributed by atoms with E-state index < -0.39 is 0 Å². The monoisotopic (exact) mass is 287 g/mol. The van der Waals surface area contributed by atoms with Crippen LogP contribution >= 0.6 is 0 Å². The minimum absolute atomic E-state index is 0.325. The van der Waals surface area contributed by atoms with Gasteiger partial charge in [0.05, 0.1) is 0 Å². The Hall–Kier alpha value is -1.88. The average Bonchev–Trinajstić information content (AvgIpc) is 3.18. The van der Waals surface area contributed by atoms with Crippen LogP contribution in [0.3, 0.4) is 0 Å². The van der Waals surface area contributed by atoms with Gasteiger partial charge in [0.1, 0.15) is 5.60 Å². The molecular weight excluding hydrogens is 266 g/mol. The number of aromatic nitrogens is 2. The zero-order chi connectivity index (χ0) is 14.5. The van der Waals surface area contributed by atoms with E-state index in [0.717, 1.165) is 37.9 Å². The Balaban J connectivity index is 1.58. The summed E-state index contributed by atoms with van der Waals surface area (Å²) in [6.45, 7) is 0.769. The second kappa shape index (κ2) is 6.26. The molecule has 112 valence electrons. The van der Waals surface area contributed by atoms with E-state index in [2.05, 4.69) is 15.5 Å². The Morgan fingerprint density at radius 3 is 2.71 bits per heavy atom. The first kappa shape index (κ1) is 14.1. The van der Waals surface area contributed by atoms with Crippen molar-refractivity contribution in [3.8, 4) is 0 Å². The van der Waals surface area contributed by atoms with Gasteiger partial charge in [0, 0.05) is 25.8 Å². The van der Waals surface area contributed by atoms with E-state index in [4.69, 9.17) is 9.26 Å². The van der Waals surface area contributed by atoms with Crippen molar-refractivity contribution in [2.75, 3.05) is 19.0 Å². The second-order valence-corrected chi connectivity index (χ2v) is 5.46. The summed E-state index contributed by atoms with van der Waals surface area (Å²) < 4.78 is 11.0. The van der Waals surface area contributed by atoms with Gasteiger partial charge >= 0.3 is 0 Å². The van der Waals surface area contributed by atoms with Crippen LogP contribution in [0, 0.1) is 0 Å². The molecule has 5 nitrogen and oxygen atoms in total. The van der Waals surface area contributed by atoms with Crippen LogP contribution in [0.15, 0.2) is 34.9 Å². The summed E-state index contributed by atoms with van der Waals surface area (Å²) in [5.74, 6) is 1.37. The van der Waals surface area contributed by atoms with Crippen LogP contribution < -0.4 is 5.32 Å². The lowest BCUT2D eigenvalue weighted by Gasteiger charge is -2.22. The van der Waals surface area contributed by atoms with Crippen LogP contribution in [0.2, 0.25) is 0 Å². The van der Waals surface area contributed by atoms with Crippen LogP contribution in [-0.2, 0) is 16.8 Å². The largest absolute Gasteiger partial charge is 0.385 e. The first-order valence-corrected chi connectivity index (χ1v) is 7.49. The fourth-order valence-corrected chi connectivity index (χ4v) is 2.88. The number of benzene rings is 1. The van der Waals surface area contributed by atoms with Crippen molar-refractivity contribution in [1.29, 1.82) is 0 Å². The number of methoxy groups -OCH3 is 1. The maximum absolute atomic E-state index is 5.67. The van der Waals surface area contributed by atoms with Crippen molar-refractivity contribution in [3.63, 3.8) is 0 Å². The summed E-state index contributed by atoms with van der Waals surface area (Å²) in [6.07, 6.45) is 4.98. The molecule has 0 aliphatic heterocycles. The van der Waals surface area contributed by atoms with Crippen LogP contribution in [0.1, 0.15) is 37.4 Å². The van der Waals surface area contributed by atoms with Gasteiger partial charge in [-0.2, -0.15) is 4.98 Å². The van der Waals surface area contributed by atoms with Gasteiger partial charge in [-0.1, -0.05) is 23.4 Å². The third kappa shape index (κ3) is 3.08. The zero-order valence-corrected chi connectivity index (χ0v) is 12.3. The molecule has 2 aromatic rings. The quantitative estimate of drug-likeness (QED) is 0.884. The molecule has 1 N–H and O–H groups in total. The molecule has 1 saturated carbocycles. The Kier molecular flexibility index (Phi) is 4.20. The number of hydrogen-bond donors (Lipinski definition) is 1. The molecule has 0 atom stereocenters. The number of hydrogen-bond acceptors (Lipinski definition) is 5. The molecule has 0 amide bonds. The molecule has 21 heavy (non-hydrogen) atoms. The average molecular weight is 287 g/mol. The normalized spacial score (nSPS) is 17.0. The van der Waals surface area contributed by atoms with Crippen LogP contribution in [0.5, 0.6) is 0 Å². The molecule has 0 unspecified atom stereocenters. The summed E-state index contributed by atoms with van der Waals surface area (Å²) in [7, 11) is 1.73. The highest BCUT2D eigenvalue weighted by molar-refractivity contribution is 5.42. The molecule has 1 heterocycles. The molecule has 0 radical (unpaired) electrons. The van der Waals surface area contributed by atoms with Crippen molar-refractivity contribution in [3.05, 3.63) is 42.0 Å². The van der Waals surface area contributed by atoms with Crippen molar-refractivity contribution in [1.82, 2.24) is 10.1 Å². The summed E-state index contributed by atoms with van der Waals surface area (Å²) in [5.41, 5.74) is 0.774. The number of para-hydroxylation sites is 1. The Morgan fingerprint density at radius 1 is 1.24 bits per heavy atom. The molecule has 1 aromatic heterocycles. The molecule has 0 saturated heterocycles. The molecule has 0 spiro atoms. The predicted octanol–water partition coefficient (Wildman–Crippen LogP) is 3.14. The van der Waals surface area contributed by atoms with Crippen LogP contribution in [0.4, 0.5) is 5.69 Å². The molecule has 1 aliphatic rings. The number of ether oxygens (including phenoxy) is 1. The van der Waals surface area contributed by atoms with E-state index >= 15 is 0 Å². The van der Waals surface area contributed by atoms with Crippen LogP contribution in [-0.4, -0.2) is 23.8 Å². The maximum atomic E-state index is 5.67. The third-order valence-corrected chi connectivity index (χ3v) is 4.12. The highest BCUT2D eigenvalue weighted by atomic mass is 16.5. The van der Waals surface area contributed by atoms with E-state index in [1.165, 1.54) is 0 Å². The van der Waals surface area contributed by atoms with E-state index in [1.54, 1.807) is 7.11 Å². The Labute approximate surface area is 124 Å². The summed E-state index contributed by atoms with van der Waals surface area (Å²) in [4.78, 5) is 4.52. The first-order valence-electron chi connectivity index (χ1n) is 7.49. The topological polar surface area (TPSA) is 60.2 Å². The van der Waals surface area contributed by atoms with Gasteiger partial charge in [-0.15, -0.1) is 0 Å². The molecule has 1 fully saturated rings. The van der Waals surface area contributed by atoms with Crippen LogP contribution in [0.25, 0.3) is 0 Å². The van der Waals surface area contributed by atoms with E-state index in [9.17, 15) is 0 Å². The van der Waals surface area contributed by atoms with Crippen molar-refractivity contribution >= 4 is 5.69 Å². The van der Waals surface area contributed by atoms with Crippen molar-refractivity contribution in [2.45, 2.75) is 37.7 Å². The fraction of sp³-hybridized carbons (Fsp3) is 0.500. The molecule has 0 bridgehead atoms. The standard InChI is InChI=1S/C16H21N3O2/c1-20-16(10-5-6-11-16)15-18-14(21-19-15)9-12-17-13-7-3-2-4-8-13/h2-4,7-8,17H,5-6,9-12H2,1H3. The summed E-state index contributed by atoms with van der Waals surface area (Å²) in [6, 6.07) is 10.1. The lowest BCUT2D eigenvalue weighted by Crippen LogP contribution is -2.26. The molecule has 5 heteroatoms. The van der Waals surface area contributed by atoms with Gasteiger partial charge in [-0.25, -0.2) is 0 Å². The number of nitrogens with zero attached hydrogens (tertiary/aromatic N) is 2. The predicted molar refractivity (Wildman–Crippen MR) is 80.1 cm³/mol. The van der Waals surface area contributed by atoms with Gasteiger partial charge in [0.25, 0.3) is 0 Å². The van der Waals surface area contributed by atoms with E-state index in [-0.39, 0.29) is 5.60 Å².